The lowest BCUT2D eigenvalue weighted by Gasteiger charge is -2.11. The first-order valence-electron chi connectivity index (χ1n) is 16.4. The molecule has 0 bridgehead atoms. The molecule has 0 amide bonds. The molecule has 0 aromatic carbocycles. The molecule has 0 N–H and O–H groups in total. The standard InChI is InChI=1S/C33H64O4/c1-4-6-8-25-29-36-32(34)28-24-22-20-18-16-14-12-10-11-13-15-17-19-21-23-27-31(3)33(35)37-30-26-9-7-5-2/h31H,4-30H2,1-3H3. The number of ether oxygens (including phenoxy) is 2. The number of hydrogen-bond acceptors (Lipinski definition) is 4. The Bertz CT molecular complexity index is 491. The Morgan fingerprint density at radius 1 is 0.486 bits per heavy atom. The Hall–Kier alpha value is -1.06. The predicted octanol–water partition coefficient (Wildman–Crippen LogP) is 10.5. The van der Waals surface area contributed by atoms with Crippen molar-refractivity contribution in [1.82, 2.24) is 0 Å². The number of carbonyl (C=O) groups excluding carboxylic acids is 2. The molecular formula is C33H64O4. The van der Waals surface area contributed by atoms with E-state index in [0.29, 0.717) is 19.6 Å². The van der Waals surface area contributed by atoms with Gasteiger partial charge in [0.25, 0.3) is 0 Å². The van der Waals surface area contributed by atoms with Gasteiger partial charge >= 0.3 is 11.9 Å². The fraction of sp³-hybridized carbons (Fsp3) is 0.939. The second-order valence-electron chi connectivity index (χ2n) is 11.3. The summed E-state index contributed by atoms with van der Waals surface area (Å²) in [6.07, 6.45) is 30.1. The molecule has 1 atom stereocenters. The highest BCUT2D eigenvalue weighted by molar-refractivity contribution is 5.71. The van der Waals surface area contributed by atoms with E-state index >= 15 is 0 Å². The van der Waals surface area contributed by atoms with E-state index in [2.05, 4.69) is 13.8 Å². The summed E-state index contributed by atoms with van der Waals surface area (Å²) in [5.74, 6) is 0.0539. The van der Waals surface area contributed by atoms with Crippen molar-refractivity contribution in [2.75, 3.05) is 13.2 Å². The van der Waals surface area contributed by atoms with Gasteiger partial charge in [-0.05, 0) is 25.7 Å². The second-order valence-corrected chi connectivity index (χ2v) is 11.3. The SMILES string of the molecule is CCCCCCOC(=O)CCCCCCCCCCCCCCCCCC(C)C(=O)OCCCCCC. The summed E-state index contributed by atoms with van der Waals surface area (Å²) >= 11 is 0. The van der Waals surface area contributed by atoms with Gasteiger partial charge in [0.05, 0.1) is 19.1 Å². The van der Waals surface area contributed by atoms with Gasteiger partial charge < -0.3 is 9.47 Å². The van der Waals surface area contributed by atoms with Crippen LogP contribution in [-0.4, -0.2) is 25.2 Å². The average molecular weight is 525 g/mol. The van der Waals surface area contributed by atoms with Crippen molar-refractivity contribution >= 4 is 11.9 Å². The van der Waals surface area contributed by atoms with Crippen molar-refractivity contribution in [2.24, 2.45) is 5.92 Å². The van der Waals surface area contributed by atoms with Gasteiger partial charge in [0.15, 0.2) is 0 Å². The Labute approximate surface area is 231 Å². The van der Waals surface area contributed by atoms with Gasteiger partial charge in [-0.2, -0.15) is 0 Å². The van der Waals surface area contributed by atoms with E-state index in [1.54, 1.807) is 0 Å². The van der Waals surface area contributed by atoms with Gasteiger partial charge in [-0.3, -0.25) is 9.59 Å². The van der Waals surface area contributed by atoms with E-state index in [9.17, 15) is 9.59 Å². The zero-order chi connectivity index (χ0) is 27.2. The van der Waals surface area contributed by atoms with Crippen LogP contribution in [0.15, 0.2) is 0 Å². The van der Waals surface area contributed by atoms with Crippen LogP contribution in [0.5, 0.6) is 0 Å². The number of hydrogen-bond donors (Lipinski definition) is 0. The molecule has 0 radical (unpaired) electrons. The van der Waals surface area contributed by atoms with Crippen LogP contribution in [0.2, 0.25) is 0 Å². The molecule has 37 heavy (non-hydrogen) atoms. The Balaban J connectivity index is 3.25. The van der Waals surface area contributed by atoms with Crippen LogP contribution in [0.3, 0.4) is 0 Å². The molecule has 0 aromatic heterocycles. The van der Waals surface area contributed by atoms with E-state index in [0.717, 1.165) is 38.5 Å². The molecule has 0 aliphatic heterocycles. The van der Waals surface area contributed by atoms with Gasteiger partial charge in [0.1, 0.15) is 0 Å². The smallest absolute Gasteiger partial charge is 0.308 e. The van der Waals surface area contributed by atoms with Gasteiger partial charge in [-0.15, -0.1) is 0 Å². The predicted molar refractivity (Wildman–Crippen MR) is 158 cm³/mol. The minimum Gasteiger partial charge on any atom is -0.466 e. The molecule has 0 rings (SSSR count). The minimum atomic E-state index is -0.00325. The van der Waals surface area contributed by atoms with Crippen LogP contribution in [-0.2, 0) is 19.1 Å². The zero-order valence-electron chi connectivity index (χ0n) is 25.3. The van der Waals surface area contributed by atoms with Crippen molar-refractivity contribution in [3.63, 3.8) is 0 Å². The molecule has 0 aliphatic rings. The van der Waals surface area contributed by atoms with Crippen LogP contribution in [0.25, 0.3) is 0 Å². The molecule has 0 aromatic rings. The Morgan fingerprint density at radius 2 is 0.865 bits per heavy atom. The van der Waals surface area contributed by atoms with Crippen LogP contribution in [0.4, 0.5) is 0 Å². The molecule has 4 nitrogen and oxygen atoms in total. The highest BCUT2D eigenvalue weighted by atomic mass is 16.5. The van der Waals surface area contributed by atoms with Crippen LogP contribution < -0.4 is 0 Å². The molecule has 0 spiro atoms. The van der Waals surface area contributed by atoms with Crippen LogP contribution in [0.1, 0.15) is 181 Å². The van der Waals surface area contributed by atoms with E-state index in [4.69, 9.17) is 9.47 Å². The van der Waals surface area contributed by atoms with E-state index in [1.807, 2.05) is 6.92 Å². The summed E-state index contributed by atoms with van der Waals surface area (Å²) in [4.78, 5) is 23.7. The average Bonchev–Trinajstić information content (AvgIpc) is 2.89. The fourth-order valence-electron chi connectivity index (χ4n) is 4.77. The van der Waals surface area contributed by atoms with Crippen molar-refractivity contribution in [1.29, 1.82) is 0 Å². The van der Waals surface area contributed by atoms with Crippen molar-refractivity contribution in [2.45, 2.75) is 181 Å². The first-order chi connectivity index (χ1) is 18.1. The maximum absolute atomic E-state index is 12.0. The van der Waals surface area contributed by atoms with Gasteiger partial charge in [0.2, 0.25) is 0 Å². The number of unbranched alkanes of at least 4 members (excludes halogenated alkanes) is 20. The lowest BCUT2D eigenvalue weighted by atomic mass is 10.0. The molecular weight excluding hydrogens is 460 g/mol. The largest absolute Gasteiger partial charge is 0.466 e. The lowest BCUT2D eigenvalue weighted by molar-refractivity contribution is -0.148. The molecule has 4 heteroatoms. The third-order valence-electron chi connectivity index (χ3n) is 7.42. The summed E-state index contributed by atoms with van der Waals surface area (Å²) in [5.41, 5.74) is 0. The third-order valence-corrected chi connectivity index (χ3v) is 7.42. The van der Waals surface area contributed by atoms with Crippen molar-refractivity contribution < 1.29 is 19.1 Å². The van der Waals surface area contributed by atoms with E-state index in [-0.39, 0.29) is 17.9 Å². The van der Waals surface area contributed by atoms with Crippen molar-refractivity contribution in [3.05, 3.63) is 0 Å². The van der Waals surface area contributed by atoms with Crippen LogP contribution >= 0.6 is 0 Å². The lowest BCUT2D eigenvalue weighted by Crippen LogP contribution is -2.15. The zero-order valence-corrected chi connectivity index (χ0v) is 25.3. The highest BCUT2D eigenvalue weighted by Gasteiger charge is 2.13. The quantitative estimate of drug-likeness (QED) is 0.0721. The van der Waals surface area contributed by atoms with Gasteiger partial charge in [0, 0.05) is 6.42 Å². The third kappa shape index (κ3) is 27.8. The number of esters is 2. The summed E-state index contributed by atoms with van der Waals surface area (Å²) in [7, 11) is 0. The summed E-state index contributed by atoms with van der Waals surface area (Å²) in [6, 6.07) is 0. The monoisotopic (exact) mass is 524 g/mol. The molecule has 1 unspecified atom stereocenters. The molecule has 0 saturated heterocycles. The summed E-state index contributed by atoms with van der Waals surface area (Å²) in [5, 5.41) is 0. The van der Waals surface area contributed by atoms with Crippen LogP contribution in [0, 0.1) is 5.92 Å². The minimum absolute atomic E-state index is 0.00175. The van der Waals surface area contributed by atoms with Crippen molar-refractivity contribution in [3.8, 4) is 0 Å². The topological polar surface area (TPSA) is 52.6 Å². The fourth-order valence-corrected chi connectivity index (χ4v) is 4.77. The first-order valence-corrected chi connectivity index (χ1v) is 16.4. The van der Waals surface area contributed by atoms with E-state index < -0.39 is 0 Å². The second kappa shape index (κ2) is 29.5. The molecule has 220 valence electrons. The van der Waals surface area contributed by atoms with E-state index in [1.165, 1.54) is 116 Å². The number of carbonyl (C=O) groups is 2. The molecule has 0 aliphatic carbocycles. The molecule has 0 heterocycles. The maximum Gasteiger partial charge on any atom is 0.308 e. The van der Waals surface area contributed by atoms with Gasteiger partial charge in [-0.1, -0.05) is 149 Å². The molecule has 0 fully saturated rings. The Morgan fingerprint density at radius 3 is 1.32 bits per heavy atom. The highest BCUT2D eigenvalue weighted by Crippen LogP contribution is 2.16. The first kappa shape index (κ1) is 35.9. The summed E-state index contributed by atoms with van der Waals surface area (Å²) < 4.78 is 10.7. The van der Waals surface area contributed by atoms with Gasteiger partial charge in [-0.25, -0.2) is 0 Å². The number of rotatable bonds is 29. The molecule has 0 saturated carbocycles. The Kier molecular flexibility index (Phi) is 28.7. The summed E-state index contributed by atoms with van der Waals surface area (Å²) in [6.45, 7) is 7.61. The maximum atomic E-state index is 12.0. The normalized spacial score (nSPS) is 12.0.